The molecule has 1 aliphatic heterocycles. The van der Waals surface area contributed by atoms with E-state index in [2.05, 4.69) is 0 Å². The van der Waals surface area contributed by atoms with Crippen LogP contribution in [0.4, 0.5) is 0 Å². The third-order valence-electron chi connectivity index (χ3n) is 0.738. The molecule has 0 saturated carbocycles. The van der Waals surface area contributed by atoms with E-state index in [0.29, 0.717) is 0 Å². The topological polar surface area (TPSA) is 0 Å². The highest BCUT2D eigenvalue weighted by molar-refractivity contribution is 9.10. The van der Waals surface area contributed by atoms with E-state index in [1.54, 1.807) is 22.7 Å². The van der Waals surface area contributed by atoms with Crippen molar-refractivity contribution in [1.82, 2.24) is 0 Å². The monoisotopic (exact) mass is 228 g/mol. The quantitative estimate of drug-likeness (QED) is 0.479. The summed E-state index contributed by atoms with van der Waals surface area (Å²) in [6.07, 6.45) is 0. The van der Waals surface area contributed by atoms with Gasteiger partial charge in [-0.25, -0.2) is 0 Å². The van der Waals surface area contributed by atoms with E-state index in [-0.39, 0.29) is 0 Å². The van der Waals surface area contributed by atoms with E-state index in [1.807, 2.05) is 31.4 Å². The first-order chi connectivity index (χ1) is 4.36. The first-order valence-electron chi connectivity index (χ1n) is 2.01. The maximum atomic E-state index is 5.02. The van der Waals surface area contributed by atoms with Gasteiger partial charge in [-0.15, -0.1) is 22.7 Å². The van der Waals surface area contributed by atoms with Crippen LogP contribution in [0.3, 0.4) is 0 Å². The zero-order valence-electron chi connectivity index (χ0n) is 3.95. The Hall–Kier alpha value is 1.32. The van der Waals surface area contributed by atoms with Crippen LogP contribution in [0.1, 0.15) is 0 Å². The molecule has 0 fully saturated rings. The van der Waals surface area contributed by atoms with Gasteiger partial charge in [0.1, 0.15) is 3.14 Å². The third kappa shape index (κ3) is 1.34. The number of hydrogen-bond acceptors (Lipinski definition) is 6. The summed E-state index contributed by atoms with van der Waals surface area (Å²) in [7, 11) is 5.49. The Kier molecular flexibility index (Phi) is 2.14. The predicted octanol–water partition coefficient (Wildman–Crippen LogP) is 4.30. The minimum atomic E-state index is 1.06. The maximum absolute atomic E-state index is 5.02. The van der Waals surface area contributed by atoms with Gasteiger partial charge < -0.3 is 0 Å². The van der Waals surface area contributed by atoms with Gasteiger partial charge in [0, 0.05) is 0 Å². The lowest BCUT2D eigenvalue weighted by Crippen LogP contribution is -1.43. The van der Waals surface area contributed by atoms with Gasteiger partial charge in [0.2, 0.25) is 0 Å². The molecule has 0 unspecified atom stereocenters. The van der Waals surface area contributed by atoms with E-state index in [1.165, 1.54) is 8.42 Å². The predicted molar refractivity (Wildman–Crippen MR) is 52.3 cm³/mol. The van der Waals surface area contributed by atoms with Crippen LogP contribution in [0, 0.1) is 3.14 Å². The summed E-state index contributed by atoms with van der Waals surface area (Å²) in [5, 5.41) is 0. The van der Waals surface area contributed by atoms with Crippen molar-refractivity contribution in [3.8, 4) is 0 Å². The molecule has 0 spiro atoms. The molecule has 2 heterocycles. The minimum Gasteiger partial charge on any atom is -0.104 e. The SMILES string of the molecule is S=c1sc2c(s1)SSS2. The maximum Gasteiger partial charge on any atom is 0.145 e. The molecule has 0 saturated heterocycles. The molecule has 1 aromatic heterocycles. The van der Waals surface area contributed by atoms with Crippen molar-refractivity contribution >= 4 is 66.3 Å². The molecule has 0 aromatic carbocycles. The Bertz CT molecular complexity index is 244. The van der Waals surface area contributed by atoms with Gasteiger partial charge in [0.05, 0.1) is 8.42 Å². The third-order valence-corrected chi connectivity index (χ3v) is 8.48. The van der Waals surface area contributed by atoms with Crippen molar-refractivity contribution in [3.05, 3.63) is 3.14 Å². The lowest BCUT2D eigenvalue weighted by atomic mass is 11.1. The number of rotatable bonds is 0. The zero-order valence-corrected chi connectivity index (χ0v) is 8.85. The second-order valence-electron chi connectivity index (χ2n) is 1.26. The summed E-state index contributed by atoms with van der Waals surface area (Å²) >= 11 is 8.48. The summed E-state index contributed by atoms with van der Waals surface area (Å²) in [5.41, 5.74) is 0. The fraction of sp³-hybridized carbons (Fsp3) is 0. The average Bonchev–Trinajstić information content (AvgIpc) is 2.22. The molecule has 0 bridgehead atoms. The first-order valence-corrected chi connectivity index (χ1v) is 7.54. The molecule has 0 radical (unpaired) electrons. The summed E-state index contributed by atoms with van der Waals surface area (Å²) in [4.78, 5) is 0. The normalized spacial score (nSPS) is 16.0. The minimum absolute atomic E-state index is 1.06. The standard InChI is InChI=1S/C3S6/c4-3-5-1-2(6-3)8-9-7-1. The van der Waals surface area contributed by atoms with Gasteiger partial charge in [-0.1, -0.05) is 12.2 Å². The molecule has 0 amide bonds. The molecular weight excluding hydrogens is 228 g/mol. The lowest BCUT2D eigenvalue weighted by Gasteiger charge is -1.74. The Labute approximate surface area is 77.2 Å². The van der Waals surface area contributed by atoms with Gasteiger partial charge in [0.15, 0.2) is 0 Å². The molecule has 0 N–H and O–H groups in total. The molecule has 1 aliphatic rings. The lowest BCUT2D eigenvalue weighted by molar-refractivity contribution is 1.56. The van der Waals surface area contributed by atoms with Crippen LogP contribution in [0.15, 0.2) is 8.42 Å². The van der Waals surface area contributed by atoms with Gasteiger partial charge in [-0.05, 0) is 31.4 Å². The second-order valence-corrected chi connectivity index (χ2v) is 8.92. The van der Waals surface area contributed by atoms with Crippen LogP contribution < -0.4 is 0 Å². The van der Waals surface area contributed by atoms with Crippen LogP contribution in [0.25, 0.3) is 0 Å². The molecule has 2 rings (SSSR count). The van der Waals surface area contributed by atoms with Gasteiger partial charge in [0.25, 0.3) is 0 Å². The van der Waals surface area contributed by atoms with Gasteiger partial charge in [-0.3, -0.25) is 0 Å². The molecule has 0 nitrogen and oxygen atoms in total. The summed E-state index contributed by atoms with van der Waals surface area (Å²) < 4.78 is 3.86. The number of fused-ring (bicyclic) bond motifs is 1. The van der Waals surface area contributed by atoms with Crippen molar-refractivity contribution in [2.45, 2.75) is 8.42 Å². The van der Waals surface area contributed by atoms with Crippen LogP contribution in [-0.2, 0) is 0 Å². The number of hydrogen-bond donors (Lipinski definition) is 0. The Balaban J connectivity index is 2.64. The van der Waals surface area contributed by atoms with E-state index < -0.39 is 0 Å². The van der Waals surface area contributed by atoms with Crippen LogP contribution in [0.2, 0.25) is 0 Å². The van der Waals surface area contributed by atoms with E-state index >= 15 is 0 Å². The molecule has 0 aliphatic carbocycles. The highest BCUT2D eigenvalue weighted by atomic mass is 33.5. The van der Waals surface area contributed by atoms with Crippen molar-refractivity contribution in [2.24, 2.45) is 0 Å². The molecular formula is C3S6. The van der Waals surface area contributed by atoms with E-state index in [9.17, 15) is 0 Å². The Morgan fingerprint density at radius 2 is 1.56 bits per heavy atom. The highest BCUT2D eigenvalue weighted by Crippen LogP contribution is 2.59. The highest BCUT2D eigenvalue weighted by Gasteiger charge is 2.16. The molecule has 0 atom stereocenters. The second kappa shape index (κ2) is 2.75. The van der Waals surface area contributed by atoms with Crippen LogP contribution >= 0.6 is 66.3 Å². The summed E-state index contributed by atoms with van der Waals surface area (Å²) in [6.45, 7) is 0. The summed E-state index contributed by atoms with van der Waals surface area (Å²) in [6, 6.07) is 0. The van der Waals surface area contributed by atoms with E-state index in [4.69, 9.17) is 12.2 Å². The van der Waals surface area contributed by atoms with Crippen molar-refractivity contribution < 1.29 is 0 Å². The average molecular weight is 228 g/mol. The molecule has 48 valence electrons. The Morgan fingerprint density at radius 3 is 2.11 bits per heavy atom. The zero-order chi connectivity index (χ0) is 6.27. The van der Waals surface area contributed by atoms with Crippen molar-refractivity contribution in [2.75, 3.05) is 0 Å². The Morgan fingerprint density at radius 1 is 1.00 bits per heavy atom. The first kappa shape index (κ1) is 7.00. The van der Waals surface area contributed by atoms with Gasteiger partial charge >= 0.3 is 0 Å². The molecule has 6 heteroatoms. The van der Waals surface area contributed by atoms with Crippen molar-refractivity contribution in [1.29, 1.82) is 0 Å². The van der Waals surface area contributed by atoms with Gasteiger partial charge in [-0.2, -0.15) is 0 Å². The smallest absolute Gasteiger partial charge is 0.104 e. The largest absolute Gasteiger partial charge is 0.145 e. The fourth-order valence-corrected chi connectivity index (χ4v) is 9.91. The van der Waals surface area contributed by atoms with Crippen LogP contribution in [0.5, 0.6) is 0 Å². The molecule has 9 heavy (non-hydrogen) atoms. The molecule has 1 aromatic rings. The van der Waals surface area contributed by atoms with Crippen LogP contribution in [-0.4, -0.2) is 0 Å². The van der Waals surface area contributed by atoms with Crippen molar-refractivity contribution in [3.63, 3.8) is 0 Å². The summed E-state index contributed by atoms with van der Waals surface area (Å²) in [5.74, 6) is 0. The van der Waals surface area contributed by atoms with E-state index in [0.717, 1.165) is 3.14 Å². The fourth-order valence-electron chi connectivity index (χ4n) is 0.436.